The molecule has 1 aromatic carbocycles. The summed E-state index contributed by atoms with van der Waals surface area (Å²) in [5.74, 6) is -0.551. The molecule has 180 valence electrons. The molecular weight excluding hydrogens is 479 g/mol. The van der Waals surface area contributed by atoms with E-state index in [1.165, 1.54) is 33.7 Å². The Hall–Kier alpha value is -3.78. The minimum atomic E-state index is -4.79. The number of pyridine rings is 1. The summed E-state index contributed by atoms with van der Waals surface area (Å²) in [6.07, 6.45) is -2.69. The molecular formula is C24H20F3N5O2S. The van der Waals surface area contributed by atoms with Gasteiger partial charge in [0.15, 0.2) is 5.11 Å². The minimum absolute atomic E-state index is 0.0530. The van der Waals surface area contributed by atoms with Gasteiger partial charge in [-0.15, -0.1) is 0 Å². The monoisotopic (exact) mass is 499 g/mol. The Labute approximate surface area is 204 Å². The molecule has 0 saturated carbocycles. The summed E-state index contributed by atoms with van der Waals surface area (Å²) in [5.41, 5.74) is -1.21. The van der Waals surface area contributed by atoms with Crippen molar-refractivity contribution in [2.45, 2.75) is 45.8 Å². The lowest BCUT2D eigenvalue weighted by Crippen LogP contribution is -2.44. The summed E-state index contributed by atoms with van der Waals surface area (Å²) in [6.45, 7) is 6.85. The summed E-state index contributed by atoms with van der Waals surface area (Å²) in [6, 6.07) is 7.69. The molecule has 1 fully saturated rings. The van der Waals surface area contributed by atoms with E-state index in [0.29, 0.717) is 29.0 Å². The Bertz CT molecular complexity index is 1500. The van der Waals surface area contributed by atoms with Crippen LogP contribution in [0.2, 0.25) is 0 Å². The normalized spacial score (nSPS) is 15.7. The second-order valence-electron chi connectivity index (χ2n) is 8.67. The molecule has 0 atom stereocenters. The molecule has 2 aromatic heterocycles. The largest absolute Gasteiger partial charge is 0.417 e. The lowest BCUT2D eigenvalue weighted by Gasteiger charge is -2.30. The Kier molecular flexibility index (Phi) is 5.68. The molecule has 0 spiro atoms. The average molecular weight is 500 g/mol. The van der Waals surface area contributed by atoms with Crippen LogP contribution < -0.4 is 15.4 Å². The van der Waals surface area contributed by atoms with Gasteiger partial charge < -0.3 is 4.90 Å². The Balaban J connectivity index is 1.87. The molecule has 11 heteroatoms. The fraction of sp³-hybridized carbons (Fsp3) is 0.292. The van der Waals surface area contributed by atoms with Crippen LogP contribution >= 0.6 is 12.2 Å². The van der Waals surface area contributed by atoms with Gasteiger partial charge in [0.05, 0.1) is 28.6 Å². The molecule has 1 amide bonds. The maximum absolute atomic E-state index is 13.5. The lowest BCUT2D eigenvalue weighted by atomic mass is 10.0. The molecule has 0 N–H and O–H groups in total. The van der Waals surface area contributed by atoms with Gasteiger partial charge >= 0.3 is 6.18 Å². The highest BCUT2D eigenvalue weighted by Crippen LogP contribution is 2.39. The van der Waals surface area contributed by atoms with E-state index in [1.54, 1.807) is 26.8 Å². The van der Waals surface area contributed by atoms with Gasteiger partial charge in [-0.1, -0.05) is 6.92 Å². The third-order valence-electron chi connectivity index (χ3n) is 5.96. The van der Waals surface area contributed by atoms with E-state index in [0.717, 1.165) is 17.0 Å². The number of rotatable bonds is 3. The first-order chi connectivity index (χ1) is 16.3. The highest BCUT2D eigenvalue weighted by atomic mass is 32.1. The third-order valence-corrected chi connectivity index (χ3v) is 6.32. The molecule has 1 aliphatic rings. The molecule has 1 saturated heterocycles. The van der Waals surface area contributed by atoms with Gasteiger partial charge in [-0.2, -0.15) is 18.4 Å². The molecule has 0 aliphatic carbocycles. The molecule has 1 aliphatic heterocycles. The number of amides is 1. The van der Waals surface area contributed by atoms with Crippen LogP contribution in [-0.2, 0) is 17.4 Å². The number of alkyl halides is 3. The number of anilines is 2. The van der Waals surface area contributed by atoms with Crippen LogP contribution in [0.25, 0.3) is 5.65 Å². The number of thiocarbonyl (C=S) groups is 1. The van der Waals surface area contributed by atoms with Crippen LogP contribution in [0.4, 0.5) is 24.5 Å². The summed E-state index contributed by atoms with van der Waals surface area (Å²) in [5, 5.41) is 9.03. The van der Waals surface area contributed by atoms with E-state index in [1.807, 2.05) is 6.92 Å². The SMILES string of the molecule is CCc1cc(=O)n2cc(N3C(=S)N(c4ccc(C#N)c(C(F)(F)F)c4)C(=O)C3(C)C)cc(C)c2n1. The summed E-state index contributed by atoms with van der Waals surface area (Å²) >= 11 is 5.57. The van der Waals surface area contributed by atoms with Crippen molar-refractivity contribution in [3.8, 4) is 6.07 Å². The standard InChI is InChI=1S/C24H20F3N5O2S/c1-5-15-9-19(33)30-12-17(8-13(2)20(30)29-15)32-22(35)31(21(34)23(32,3)4)16-7-6-14(11-28)18(10-16)24(25,26)27/h6-10,12H,5H2,1-4H3. The maximum Gasteiger partial charge on any atom is 0.417 e. The van der Waals surface area contributed by atoms with Crippen molar-refractivity contribution in [3.05, 3.63) is 69.3 Å². The molecule has 7 nitrogen and oxygen atoms in total. The Morgan fingerprint density at radius 3 is 2.43 bits per heavy atom. The van der Waals surface area contributed by atoms with Crippen molar-refractivity contribution in [2.75, 3.05) is 9.80 Å². The Morgan fingerprint density at radius 2 is 1.83 bits per heavy atom. The average Bonchev–Trinajstić information content (AvgIpc) is 2.96. The first kappa shape index (κ1) is 24.3. The van der Waals surface area contributed by atoms with Crippen LogP contribution in [0.3, 0.4) is 0 Å². The summed E-state index contributed by atoms with van der Waals surface area (Å²) in [7, 11) is 0. The van der Waals surface area contributed by atoms with E-state index in [2.05, 4.69) is 4.98 Å². The van der Waals surface area contributed by atoms with Crippen molar-refractivity contribution in [2.24, 2.45) is 0 Å². The number of nitrogens with zero attached hydrogens (tertiary/aromatic N) is 5. The van der Waals surface area contributed by atoms with Crippen LogP contribution in [-0.4, -0.2) is 25.9 Å². The van der Waals surface area contributed by atoms with Crippen molar-refractivity contribution >= 4 is 40.3 Å². The predicted molar refractivity (Wildman–Crippen MR) is 128 cm³/mol. The van der Waals surface area contributed by atoms with Crippen molar-refractivity contribution in [3.63, 3.8) is 0 Å². The fourth-order valence-corrected chi connectivity index (χ4v) is 4.68. The number of hydrogen-bond donors (Lipinski definition) is 0. The first-order valence-electron chi connectivity index (χ1n) is 10.6. The zero-order chi connectivity index (χ0) is 25.9. The predicted octanol–water partition coefficient (Wildman–Crippen LogP) is 4.37. The number of carbonyl (C=O) groups excluding carboxylic acids is 1. The van der Waals surface area contributed by atoms with Crippen molar-refractivity contribution < 1.29 is 18.0 Å². The van der Waals surface area contributed by atoms with Gasteiger partial charge in [0.25, 0.3) is 11.5 Å². The number of nitriles is 1. The molecule has 0 radical (unpaired) electrons. The number of carbonyl (C=O) groups is 1. The maximum atomic E-state index is 13.5. The minimum Gasteiger partial charge on any atom is -0.302 e. The van der Waals surface area contributed by atoms with E-state index < -0.39 is 28.7 Å². The zero-order valence-corrected chi connectivity index (χ0v) is 20.1. The molecule has 3 heterocycles. The number of fused-ring (bicyclic) bond motifs is 1. The van der Waals surface area contributed by atoms with Gasteiger partial charge in [0.2, 0.25) is 0 Å². The van der Waals surface area contributed by atoms with Gasteiger partial charge in [0.1, 0.15) is 11.2 Å². The lowest BCUT2D eigenvalue weighted by molar-refractivity contribution is -0.137. The van der Waals surface area contributed by atoms with Gasteiger partial charge in [-0.3, -0.25) is 18.9 Å². The first-order valence-corrected chi connectivity index (χ1v) is 11.0. The van der Waals surface area contributed by atoms with Crippen LogP contribution in [0.5, 0.6) is 0 Å². The number of aromatic nitrogens is 2. The van der Waals surface area contributed by atoms with E-state index in [4.69, 9.17) is 17.5 Å². The van der Waals surface area contributed by atoms with Crippen LogP contribution in [0.15, 0.2) is 41.3 Å². The highest BCUT2D eigenvalue weighted by Gasteiger charge is 2.51. The number of halogens is 3. The number of benzene rings is 1. The summed E-state index contributed by atoms with van der Waals surface area (Å²) < 4.78 is 42.0. The molecule has 4 rings (SSSR count). The Morgan fingerprint density at radius 1 is 1.14 bits per heavy atom. The molecule has 3 aromatic rings. The fourth-order valence-electron chi connectivity index (χ4n) is 4.16. The van der Waals surface area contributed by atoms with E-state index in [-0.39, 0.29) is 16.4 Å². The quantitative estimate of drug-likeness (QED) is 0.498. The zero-order valence-electron chi connectivity index (χ0n) is 19.3. The van der Waals surface area contributed by atoms with E-state index in [9.17, 15) is 22.8 Å². The van der Waals surface area contributed by atoms with Crippen molar-refractivity contribution in [1.82, 2.24) is 9.38 Å². The van der Waals surface area contributed by atoms with Crippen LogP contribution in [0, 0.1) is 18.3 Å². The van der Waals surface area contributed by atoms with Gasteiger partial charge in [-0.05, 0) is 69.2 Å². The second-order valence-corrected chi connectivity index (χ2v) is 9.04. The van der Waals surface area contributed by atoms with Gasteiger partial charge in [0, 0.05) is 18.0 Å². The highest BCUT2D eigenvalue weighted by molar-refractivity contribution is 7.81. The molecule has 35 heavy (non-hydrogen) atoms. The molecule has 0 bridgehead atoms. The van der Waals surface area contributed by atoms with Gasteiger partial charge in [-0.25, -0.2) is 4.98 Å². The second kappa shape index (κ2) is 8.16. The smallest absolute Gasteiger partial charge is 0.302 e. The van der Waals surface area contributed by atoms with E-state index >= 15 is 0 Å². The number of aryl methyl sites for hydroxylation is 2. The third kappa shape index (κ3) is 3.83. The summed E-state index contributed by atoms with van der Waals surface area (Å²) in [4.78, 5) is 33.2. The van der Waals surface area contributed by atoms with Crippen molar-refractivity contribution in [1.29, 1.82) is 5.26 Å². The molecule has 0 unspecified atom stereocenters. The van der Waals surface area contributed by atoms with Crippen LogP contribution in [0.1, 0.15) is 43.2 Å². The topological polar surface area (TPSA) is 81.7 Å². The number of hydrogen-bond acceptors (Lipinski definition) is 5.